The largest absolute Gasteiger partial charge is 0.497 e. The zero-order chi connectivity index (χ0) is 22.7. The third-order valence-electron chi connectivity index (χ3n) is 5.48. The van der Waals surface area contributed by atoms with Crippen molar-refractivity contribution in [3.63, 3.8) is 0 Å². The summed E-state index contributed by atoms with van der Waals surface area (Å²) in [6, 6.07) is 15.3. The van der Waals surface area contributed by atoms with Crippen LogP contribution in [0.5, 0.6) is 11.5 Å². The summed E-state index contributed by atoms with van der Waals surface area (Å²) in [6.45, 7) is 4.97. The molecule has 32 heavy (non-hydrogen) atoms. The van der Waals surface area contributed by atoms with Gasteiger partial charge in [0, 0.05) is 17.8 Å². The molecule has 0 bridgehead atoms. The second kappa shape index (κ2) is 9.40. The minimum atomic E-state index is -0.222. The quantitative estimate of drug-likeness (QED) is 0.514. The number of nitrogens with one attached hydrogen (secondary N) is 1. The molecule has 1 aromatic heterocycles. The van der Waals surface area contributed by atoms with Gasteiger partial charge < -0.3 is 24.2 Å². The second-order valence-corrected chi connectivity index (χ2v) is 7.85. The van der Waals surface area contributed by atoms with Crippen molar-refractivity contribution in [2.45, 2.75) is 26.3 Å². The maximum Gasteiger partial charge on any atom is 0.258 e. The van der Waals surface area contributed by atoms with E-state index in [-0.39, 0.29) is 6.04 Å². The van der Waals surface area contributed by atoms with Crippen LogP contribution in [0.25, 0.3) is 17.0 Å². The molecular weight excluding hydrogens is 424 g/mol. The van der Waals surface area contributed by atoms with Gasteiger partial charge in [-0.2, -0.15) is 4.98 Å². The molecule has 7 nitrogen and oxygen atoms in total. The standard InChI is InChI=1S/C24H26N4O3S/c1-5-13-28-15(2)20(21(25-24(28)32)16-9-11-18(29-3)12-10-16)23-26-22(27-31-23)17-7-6-8-19(14-17)30-4/h6-12,14,21H,5,13H2,1-4H3,(H,25,32). The fourth-order valence-electron chi connectivity index (χ4n) is 3.81. The third-order valence-corrected chi connectivity index (χ3v) is 5.82. The fraction of sp³-hybridized carbons (Fsp3) is 0.292. The summed E-state index contributed by atoms with van der Waals surface area (Å²) in [5, 5.41) is 8.39. The molecule has 1 aliphatic heterocycles. The van der Waals surface area contributed by atoms with E-state index in [4.69, 9.17) is 31.2 Å². The van der Waals surface area contributed by atoms with Crippen LogP contribution in [0, 0.1) is 0 Å². The average molecular weight is 451 g/mol. The number of benzene rings is 2. The first kappa shape index (κ1) is 21.8. The van der Waals surface area contributed by atoms with Crippen molar-refractivity contribution in [2.75, 3.05) is 20.8 Å². The van der Waals surface area contributed by atoms with Crippen LogP contribution in [0.3, 0.4) is 0 Å². The van der Waals surface area contributed by atoms with Gasteiger partial charge in [-0.25, -0.2) is 0 Å². The van der Waals surface area contributed by atoms with Crippen LogP contribution in [0.2, 0.25) is 0 Å². The molecule has 0 radical (unpaired) electrons. The number of hydrogen-bond donors (Lipinski definition) is 1. The SMILES string of the molecule is CCCN1C(=S)NC(c2ccc(OC)cc2)C(c2nc(-c3cccc(OC)c3)no2)=C1C. The van der Waals surface area contributed by atoms with Gasteiger partial charge in [0.2, 0.25) is 5.82 Å². The van der Waals surface area contributed by atoms with Crippen molar-refractivity contribution in [2.24, 2.45) is 0 Å². The van der Waals surface area contributed by atoms with E-state index < -0.39 is 0 Å². The molecule has 0 spiro atoms. The Bertz CT molecular complexity index is 1140. The summed E-state index contributed by atoms with van der Waals surface area (Å²) in [7, 11) is 3.28. The van der Waals surface area contributed by atoms with Crippen molar-refractivity contribution in [1.82, 2.24) is 20.4 Å². The highest BCUT2D eigenvalue weighted by molar-refractivity contribution is 7.80. The number of allylic oxidation sites excluding steroid dienone is 1. The van der Waals surface area contributed by atoms with Gasteiger partial charge in [-0.15, -0.1) is 0 Å². The van der Waals surface area contributed by atoms with E-state index >= 15 is 0 Å². The van der Waals surface area contributed by atoms with Gasteiger partial charge in [0.1, 0.15) is 11.5 Å². The van der Waals surface area contributed by atoms with Crippen LogP contribution in [-0.4, -0.2) is 40.9 Å². The molecule has 1 N–H and O–H groups in total. The van der Waals surface area contributed by atoms with Gasteiger partial charge >= 0.3 is 0 Å². The maximum absolute atomic E-state index is 5.77. The van der Waals surface area contributed by atoms with Crippen LogP contribution >= 0.6 is 12.2 Å². The zero-order valence-electron chi connectivity index (χ0n) is 18.6. The molecule has 0 amide bonds. The Morgan fingerprint density at radius 3 is 2.53 bits per heavy atom. The van der Waals surface area contributed by atoms with E-state index in [9.17, 15) is 0 Å². The zero-order valence-corrected chi connectivity index (χ0v) is 19.4. The number of thiocarbonyl (C=S) groups is 1. The minimum absolute atomic E-state index is 0.222. The highest BCUT2D eigenvalue weighted by atomic mass is 32.1. The first-order chi connectivity index (χ1) is 15.5. The van der Waals surface area contributed by atoms with Gasteiger partial charge in [-0.3, -0.25) is 0 Å². The first-order valence-electron chi connectivity index (χ1n) is 10.5. The molecule has 0 fully saturated rings. The lowest BCUT2D eigenvalue weighted by Gasteiger charge is -2.37. The van der Waals surface area contributed by atoms with E-state index in [1.165, 1.54) is 0 Å². The van der Waals surface area contributed by atoms with Gasteiger partial charge in [-0.1, -0.05) is 36.3 Å². The molecule has 0 saturated carbocycles. The number of hydrogen-bond acceptors (Lipinski definition) is 6. The van der Waals surface area contributed by atoms with Gasteiger partial charge in [0.05, 0.1) is 25.8 Å². The Hall–Kier alpha value is -3.39. The lowest BCUT2D eigenvalue weighted by atomic mass is 9.94. The summed E-state index contributed by atoms with van der Waals surface area (Å²) < 4.78 is 16.4. The molecule has 0 aliphatic carbocycles. The van der Waals surface area contributed by atoms with E-state index in [1.807, 2.05) is 55.5 Å². The minimum Gasteiger partial charge on any atom is -0.497 e. The summed E-state index contributed by atoms with van der Waals surface area (Å²) in [6.07, 6.45) is 0.957. The van der Waals surface area contributed by atoms with Crippen molar-refractivity contribution in [1.29, 1.82) is 0 Å². The monoisotopic (exact) mass is 450 g/mol. The van der Waals surface area contributed by atoms with E-state index in [0.29, 0.717) is 16.8 Å². The number of methoxy groups -OCH3 is 2. The van der Waals surface area contributed by atoms with Gasteiger partial charge in [0.15, 0.2) is 5.11 Å². The molecular formula is C24H26N4O3S. The van der Waals surface area contributed by atoms with Crippen LogP contribution in [0.4, 0.5) is 0 Å². The first-order valence-corrected chi connectivity index (χ1v) is 10.9. The average Bonchev–Trinajstić information content (AvgIpc) is 3.31. The Morgan fingerprint density at radius 1 is 1.09 bits per heavy atom. The Labute approximate surface area is 193 Å². The van der Waals surface area contributed by atoms with Crippen LogP contribution in [-0.2, 0) is 0 Å². The van der Waals surface area contributed by atoms with Crippen LogP contribution < -0.4 is 14.8 Å². The normalized spacial score (nSPS) is 16.2. The van der Waals surface area contributed by atoms with Crippen molar-refractivity contribution in [3.05, 3.63) is 65.7 Å². The lowest BCUT2D eigenvalue weighted by molar-refractivity contribution is 0.396. The number of ether oxygens (including phenoxy) is 2. The molecule has 2 aromatic carbocycles. The lowest BCUT2D eigenvalue weighted by Crippen LogP contribution is -2.46. The van der Waals surface area contributed by atoms with Crippen molar-refractivity contribution < 1.29 is 14.0 Å². The summed E-state index contributed by atoms with van der Waals surface area (Å²) >= 11 is 5.68. The fourth-order valence-corrected chi connectivity index (χ4v) is 4.16. The smallest absolute Gasteiger partial charge is 0.258 e. The molecule has 1 aliphatic rings. The summed E-state index contributed by atoms with van der Waals surface area (Å²) in [5.74, 6) is 2.49. The molecule has 1 atom stereocenters. The van der Waals surface area contributed by atoms with E-state index in [0.717, 1.165) is 46.9 Å². The molecule has 166 valence electrons. The molecule has 0 saturated heterocycles. The van der Waals surface area contributed by atoms with E-state index in [1.54, 1.807) is 14.2 Å². The van der Waals surface area contributed by atoms with Crippen LogP contribution in [0.15, 0.2) is 58.8 Å². The Balaban J connectivity index is 1.79. The highest BCUT2D eigenvalue weighted by Gasteiger charge is 2.33. The summed E-state index contributed by atoms with van der Waals surface area (Å²) in [5.41, 5.74) is 3.75. The maximum atomic E-state index is 5.77. The van der Waals surface area contributed by atoms with Crippen molar-refractivity contribution >= 4 is 22.9 Å². The third kappa shape index (κ3) is 4.18. The Morgan fingerprint density at radius 2 is 1.84 bits per heavy atom. The number of aromatic nitrogens is 2. The molecule has 3 aromatic rings. The van der Waals surface area contributed by atoms with Gasteiger partial charge in [0.25, 0.3) is 5.89 Å². The predicted molar refractivity (Wildman–Crippen MR) is 127 cm³/mol. The Kier molecular flexibility index (Phi) is 6.41. The van der Waals surface area contributed by atoms with Gasteiger partial charge in [-0.05, 0) is 55.4 Å². The molecule has 4 rings (SSSR count). The molecule has 2 heterocycles. The van der Waals surface area contributed by atoms with Crippen LogP contribution in [0.1, 0.15) is 37.8 Å². The molecule has 8 heteroatoms. The van der Waals surface area contributed by atoms with E-state index in [2.05, 4.69) is 22.3 Å². The highest BCUT2D eigenvalue weighted by Crippen LogP contribution is 2.38. The summed E-state index contributed by atoms with van der Waals surface area (Å²) in [4.78, 5) is 6.82. The topological polar surface area (TPSA) is 72.7 Å². The predicted octanol–water partition coefficient (Wildman–Crippen LogP) is 4.83. The molecule has 1 unspecified atom stereocenters. The number of nitrogens with zero attached hydrogens (tertiary/aromatic N) is 3. The van der Waals surface area contributed by atoms with Crippen molar-refractivity contribution in [3.8, 4) is 22.9 Å². The second-order valence-electron chi connectivity index (χ2n) is 7.46. The number of rotatable bonds is 7.